The van der Waals surface area contributed by atoms with Crippen molar-refractivity contribution in [2.24, 2.45) is 0 Å². The largest absolute Gasteiger partial charge is 0.465 e. The van der Waals surface area contributed by atoms with Gasteiger partial charge in [0.15, 0.2) is 11.6 Å². The molecule has 0 atom stereocenters. The van der Waals surface area contributed by atoms with Crippen LogP contribution < -0.4 is 0 Å². The highest BCUT2D eigenvalue weighted by atomic mass is 16.5. The van der Waals surface area contributed by atoms with E-state index in [1.165, 1.54) is 32.4 Å². The number of fused-ring (bicyclic) bond motifs is 1. The van der Waals surface area contributed by atoms with E-state index in [9.17, 15) is 19.2 Å². The number of carbonyl (C=O) groups excluding carboxylic acids is 4. The van der Waals surface area contributed by atoms with Crippen molar-refractivity contribution in [1.82, 2.24) is 0 Å². The van der Waals surface area contributed by atoms with E-state index in [0.717, 1.165) is 0 Å². The molecule has 0 amide bonds. The SMILES string of the molecule is COC(=O)c1ccc2c(C(=O)c3ccccc3)c(C(=O)OC)c(C(=O)c3ccccc3)cc2c1. The summed E-state index contributed by atoms with van der Waals surface area (Å²) in [6.45, 7) is 0. The van der Waals surface area contributed by atoms with Gasteiger partial charge in [-0.25, -0.2) is 9.59 Å². The molecule has 4 aromatic rings. The number of esters is 2. The predicted octanol–water partition coefficient (Wildman–Crippen LogP) is 4.88. The summed E-state index contributed by atoms with van der Waals surface area (Å²) in [4.78, 5) is 52.3. The highest BCUT2D eigenvalue weighted by Crippen LogP contribution is 2.31. The molecule has 0 saturated heterocycles. The molecule has 0 unspecified atom stereocenters. The Kier molecular flexibility index (Phi) is 6.32. The van der Waals surface area contributed by atoms with Gasteiger partial charge in [-0.15, -0.1) is 0 Å². The first-order valence-electron chi connectivity index (χ1n) is 10.4. The maximum atomic E-state index is 13.7. The third kappa shape index (κ3) is 4.09. The lowest BCUT2D eigenvalue weighted by atomic mass is 9.86. The number of methoxy groups -OCH3 is 2. The maximum absolute atomic E-state index is 13.7. The monoisotopic (exact) mass is 452 g/mol. The molecule has 0 bridgehead atoms. The van der Waals surface area contributed by atoms with Gasteiger partial charge in [0.1, 0.15) is 0 Å². The summed E-state index contributed by atoms with van der Waals surface area (Å²) in [5.74, 6) is -2.27. The zero-order valence-corrected chi connectivity index (χ0v) is 18.5. The Morgan fingerprint density at radius 3 is 1.68 bits per heavy atom. The van der Waals surface area contributed by atoms with E-state index in [0.29, 0.717) is 21.9 Å². The number of ketones is 2. The van der Waals surface area contributed by atoms with Crippen LogP contribution in [0, 0.1) is 0 Å². The van der Waals surface area contributed by atoms with Gasteiger partial charge in [-0.1, -0.05) is 66.7 Å². The molecule has 0 heterocycles. The second kappa shape index (κ2) is 9.50. The van der Waals surface area contributed by atoms with Crippen LogP contribution in [-0.2, 0) is 9.47 Å². The molecule has 0 fully saturated rings. The molecule has 0 radical (unpaired) electrons. The number of benzene rings is 4. The number of rotatable bonds is 6. The van der Waals surface area contributed by atoms with Crippen LogP contribution in [0.25, 0.3) is 10.8 Å². The summed E-state index contributed by atoms with van der Waals surface area (Å²) in [5, 5.41) is 0.848. The van der Waals surface area contributed by atoms with Crippen molar-refractivity contribution in [3.8, 4) is 0 Å². The van der Waals surface area contributed by atoms with E-state index in [1.807, 2.05) is 0 Å². The summed E-state index contributed by atoms with van der Waals surface area (Å²) >= 11 is 0. The highest BCUT2D eigenvalue weighted by molar-refractivity contribution is 6.26. The standard InChI is InChI=1S/C28H20O6/c1-33-27(31)19-13-14-21-20(15-19)16-22(25(29)17-9-5-3-6-10-17)24(28(32)34-2)23(21)26(30)18-11-7-4-8-12-18/h3-16H,1-2H3. The van der Waals surface area contributed by atoms with Crippen LogP contribution in [0.4, 0.5) is 0 Å². The minimum Gasteiger partial charge on any atom is -0.465 e. The fourth-order valence-corrected chi connectivity index (χ4v) is 3.86. The Bertz CT molecular complexity index is 1420. The van der Waals surface area contributed by atoms with Gasteiger partial charge in [0.25, 0.3) is 0 Å². The van der Waals surface area contributed by atoms with Crippen molar-refractivity contribution in [2.75, 3.05) is 14.2 Å². The average molecular weight is 452 g/mol. The van der Waals surface area contributed by atoms with Gasteiger partial charge in [0.2, 0.25) is 0 Å². The van der Waals surface area contributed by atoms with Gasteiger partial charge in [-0.05, 0) is 29.0 Å². The first kappa shape index (κ1) is 22.6. The molecule has 6 heteroatoms. The van der Waals surface area contributed by atoms with Crippen LogP contribution in [-0.4, -0.2) is 37.7 Å². The quantitative estimate of drug-likeness (QED) is 0.306. The Hall–Kier alpha value is -4.58. The molecule has 4 rings (SSSR count). The molecular formula is C28H20O6. The topological polar surface area (TPSA) is 86.7 Å². The number of hydrogen-bond donors (Lipinski definition) is 0. The molecule has 4 aromatic carbocycles. The van der Waals surface area contributed by atoms with Crippen molar-refractivity contribution in [2.45, 2.75) is 0 Å². The molecule has 0 spiro atoms. The predicted molar refractivity (Wildman–Crippen MR) is 126 cm³/mol. The van der Waals surface area contributed by atoms with Gasteiger partial charge < -0.3 is 9.47 Å². The van der Waals surface area contributed by atoms with Gasteiger partial charge in [-0.2, -0.15) is 0 Å². The minimum atomic E-state index is -0.808. The maximum Gasteiger partial charge on any atom is 0.339 e. The molecule has 0 N–H and O–H groups in total. The molecule has 6 nitrogen and oxygen atoms in total. The van der Waals surface area contributed by atoms with E-state index in [4.69, 9.17) is 9.47 Å². The van der Waals surface area contributed by atoms with E-state index in [-0.39, 0.29) is 22.3 Å². The molecule has 0 aromatic heterocycles. The van der Waals surface area contributed by atoms with E-state index in [2.05, 4.69) is 0 Å². The highest BCUT2D eigenvalue weighted by Gasteiger charge is 2.29. The number of ether oxygens (including phenoxy) is 2. The summed E-state index contributed by atoms with van der Waals surface area (Å²) in [6.07, 6.45) is 0. The zero-order chi connectivity index (χ0) is 24.2. The van der Waals surface area contributed by atoms with Crippen molar-refractivity contribution in [3.05, 3.63) is 118 Å². The Morgan fingerprint density at radius 2 is 1.12 bits per heavy atom. The smallest absolute Gasteiger partial charge is 0.339 e. The summed E-state index contributed by atoms with van der Waals surface area (Å²) in [7, 11) is 2.46. The molecule has 0 saturated carbocycles. The third-order valence-corrected chi connectivity index (χ3v) is 5.49. The van der Waals surface area contributed by atoms with Gasteiger partial charge in [0.05, 0.1) is 25.3 Å². The second-order valence-corrected chi connectivity index (χ2v) is 7.48. The van der Waals surface area contributed by atoms with E-state index in [1.54, 1.807) is 66.7 Å². The van der Waals surface area contributed by atoms with E-state index < -0.39 is 23.5 Å². The summed E-state index contributed by atoms with van der Waals surface area (Å²) < 4.78 is 9.81. The van der Waals surface area contributed by atoms with Crippen LogP contribution in [0.3, 0.4) is 0 Å². The Morgan fingerprint density at radius 1 is 0.559 bits per heavy atom. The third-order valence-electron chi connectivity index (χ3n) is 5.49. The normalized spacial score (nSPS) is 10.5. The lowest BCUT2D eigenvalue weighted by Gasteiger charge is -2.16. The first-order chi connectivity index (χ1) is 16.5. The van der Waals surface area contributed by atoms with Crippen molar-refractivity contribution in [1.29, 1.82) is 0 Å². The van der Waals surface area contributed by atoms with Crippen LogP contribution in [0.2, 0.25) is 0 Å². The lowest BCUT2D eigenvalue weighted by Crippen LogP contribution is -2.18. The molecular weight excluding hydrogens is 432 g/mol. The zero-order valence-electron chi connectivity index (χ0n) is 18.5. The van der Waals surface area contributed by atoms with Crippen LogP contribution in [0.1, 0.15) is 52.6 Å². The fourth-order valence-electron chi connectivity index (χ4n) is 3.86. The molecule has 0 aliphatic carbocycles. The molecule has 168 valence electrons. The van der Waals surface area contributed by atoms with Gasteiger partial charge >= 0.3 is 11.9 Å². The van der Waals surface area contributed by atoms with E-state index >= 15 is 0 Å². The van der Waals surface area contributed by atoms with Crippen LogP contribution in [0.5, 0.6) is 0 Å². The van der Waals surface area contributed by atoms with Crippen molar-refractivity contribution in [3.63, 3.8) is 0 Å². The Labute approximate surface area is 195 Å². The molecule has 34 heavy (non-hydrogen) atoms. The van der Waals surface area contributed by atoms with Gasteiger partial charge in [-0.3, -0.25) is 9.59 Å². The minimum absolute atomic E-state index is 0.00634. The summed E-state index contributed by atoms with van der Waals surface area (Å²) in [5.41, 5.74) is 0.850. The number of hydrogen-bond acceptors (Lipinski definition) is 6. The van der Waals surface area contributed by atoms with Crippen LogP contribution in [0.15, 0.2) is 84.9 Å². The van der Waals surface area contributed by atoms with Gasteiger partial charge in [0, 0.05) is 22.3 Å². The molecule has 0 aliphatic heterocycles. The van der Waals surface area contributed by atoms with Crippen molar-refractivity contribution >= 4 is 34.3 Å². The molecule has 0 aliphatic rings. The first-order valence-corrected chi connectivity index (χ1v) is 10.4. The summed E-state index contributed by atoms with van der Waals surface area (Å²) in [6, 6.07) is 23.0. The fraction of sp³-hybridized carbons (Fsp3) is 0.0714. The Balaban J connectivity index is 2.10. The number of carbonyl (C=O) groups is 4. The average Bonchev–Trinajstić information content (AvgIpc) is 2.90. The second-order valence-electron chi connectivity index (χ2n) is 7.48. The lowest BCUT2D eigenvalue weighted by molar-refractivity contribution is 0.0589. The van der Waals surface area contributed by atoms with Crippen molar-refractivity contribution < 1.29 is 28.7 Å². The van der Waals surface area contributed by atoms with Crippen LogP contribution >= 0.6 is 0 Å².